The summed E-state index contributed by atoms with van der Waals surface area (Å²) in [4.78, 5) is 10.6. The molecule has 0 saturated heterocycles. The summed E-state index contributed by atoms with van der Waals surface area (Å²) in [7, 11) is 0. The van der Waals surface area contributed by atoms with Crippen LogP contribution < -0.4 is 5.32 Å². The minimum atomic E-state index is -1.03. The maximum Gasteiger partial charge on any atom is 0.404 e. The Morgan fingerprint density at radius 1 is 1.52 bits per heavy atom. The van der Waals surface area contributed by atoms with Crippen molar-refractivity contribution < 1.29 is 9.90 Å². The number of halogens is 1. The van der Waals surface area contributed by atoms with Crippen LogP contribution in [0.2, 0.25) is 0 Å². The van der Waals surface area contributed by atoms with Gasteiger partial charge in [0.2, 0.25) is 0 Å². The third-order valence-electron chi connectivity index (χ3n) is 3.28. The van der Waals surface area contributed by atoms with Crippen LogP contribution in [0.15, 0.2) is 28.9 Å². The Morgan fingerprint density at radius 2 is 2.24 bits per heavy atom. The summed E-state index contributed by atoms with van der Waals surface area (Å²) < 4.78 is 2.95. The number of nitrogens with zero attached hydrogens (tertiary/aromatic N) is 2. The Bertz CT molecular complexity index is 728. The molecule has 0 radical (unpaired) electrons. The quantitative estimate of drug-likeness (QED) is 0.885. The first-order valence-corrected chi connectivity index (χ1v) is 7.27. The standard InChI is InChI=1S/C15H16BrN3O2/c1-15(2,8-18-14(20)21)9-19-7-10(6-17)12-4-3-11(16)5-13(12)19/h3-5,7,18H,8-9H2,1-2H3,(H,20,21). The van der Waals surface area contributed by atoms with Gasteiger partial charge in [-0.3, -0.25) is 0 Å². The third-order valence-corrected chi connectivity index (χ3v) is 3.77. The van der Waals surface area contributed by atoms with E-state index in [2.05, 4.69) is 27.3 Å². The topological polar surface area (TPSA) is 78.0 Å². The van der Waals surface area contributed by atoms with Crippen molar-refractivity contribution in [3.8, 4) is 6.07 Å². The molecule has 0 aliphatic rings. The lowest BCUT2D eigenvalue weighted by atomic mass is 9.93. The Labute approximate surface area is 131 Å². The van der Waals surface area contributed by atoms with Crippen molar-refractivity contribution in [3.05, 3.63) is 34.4 Å². The largest absolute Gasteiger partial charge is 0.465 e. The minimum Gasteiger partial charge on any atom is -0.465 e. The zero-order chi connectivity index (χ0) is 15.6. The molecule has 5 nitrogen and oxygen atoms in total. The van der Waals surface area contributed by atoms with Crippen LogP contribution in [0.1, 0.15) is 19.4 Å². The van der Waals surface area contributed by atoms with E-state index in [-0.39, 0.29) is 5.41 Å². The molecule has 0 aliphatic heterocycles. The maximum atomic E-state index is 10.6. The van der Waals surface area contributed by atoms with Crippen molar-refractivity contribution in [2.24, 2.45) is 5.41 Å². The minimum absolute atomic E-state index is 0.265. The van der Waals surface area contributed by atoms with Gasteiger partial charge in [0, 0.05) is 34.6 Å². The molecule has 1 aromatic heterocycles. The predicted octanol–water partition coefficient (Wildman–Crippen LogP) is 3.57. The highest BCUT2D eigenvalue weighted by Gasteiger charge is 2.21. The summed E-state index contributed by atoms with van der Waals surface area (Å²) in [5.74, 6) is 0. The van der Waals surface area contributed by atoms with E-state index < -0.39 is 6.09 Å². The highest BCUT2D eigenvalue weighted by atomic mass is 79.9. The molecule has 110 valence electrons. The van der Waals surface area contributed by atoms with Crippen LogP contribution in [-0.2, 0) is 6.54 Å². The molecule has 0 aliphatic carbocycles. The molecule has 1 aromatic carbocycles. The van der Waals surface area contributed by atoms with Gasteiger partial charge in [-0.25, -0.2) is 4.79 Å². The van der Waals surface area contributed by atoms with Crippen LogP contribution in [0, 0.1) is 16.7 Å². The van der Waals surface area contributed by atoms with E-state index in [0.29, 0.717) is 18.7 Å². The van der Waals surface area contributed by atoms with Crippen LogP contribution in [-0.4, -0.2) is 22.3 Å². The number of nitrogens with one attached hydrogen (secondary N) is 1. The van der Waals surface area contributed by atoms with Crippen molar-refractivity contribution in [1.82, 2.24) is 9.88 Å². The summed E-state index contributed by atoms with van der Waals surface area (Å²) >= 11 is 3.44. The van der Waals surface area contributed by atoms with Crippen LogP contribution in [0.3, 0.4) is 0 Å². The normalized spacial score (nSPS) is 11.3. The fraction of sp³-hybridized carbons (Fsp3) is 0.333. The maximum absolute atomic E-state index is 10.6. The summed E-state index contributed by atoms with van der Waals surface area (Å²) in [5.41, 5.74) is 1.32. The summed E-state index contributed by atoms with van der Waals surface area (Å²) in [6.07, 6.45) is 0.792. The molecular weight excluding hydrogens is 334 g/mol. The van der Waals surface area contributed by atoms with Crippen molar-refractivity contribution in [2.45, 2.75) is 20.4 Å². The summed E-state index contributed by atoms with van der Waals surface area (Å²) in [6.45, 7) is 4.93. The molecule has 1 amide bonds. The molecule has 0 bridgehead atoms. The molecule has 6 heteroatoms. The number of benzene rings is 1. The number of carboxylic acid groups (broad SMARTS) is 1. The number of hydrogen-bond acceptors (Lipinski definition) is 2. The number of amides is 1. The van der Waals surface area contributed by atoms with E-state index in [1.165, 1.54) is 0 Å². The Kier molecular flexibility index (Phi) is 4.24. The van der Waals surface area contributed by atoms with Gasteiger partial charge in [-0.1, -0.05) is 35.8 Å². The predicted molar refractivity (Wildman–Crippen MR) is 84.2 cm³/mol. The lowest BCUT2D eigenvalue weighted by Gasteiger charge is -2.25. The molecule has 2 N–H and O–H groups in total. The highest BCUT2D eigenvalue weighted by Crippen LogP contribution is 2.27. The number of nitriles is 1. The Balaban J connectivity index is 2.36. The number of aromatic nitrogens is 1. The second-order valence-electron chi connectivity index (χ2n) is 5.77. The van der Waals surface area contributed by atoms with E-state index >= 15 is 0 Å². The molecular formula is C15H16BrN3O2. The smallest absolute Gasteiger partial charge is 0.404 e. The van der Waals surface area contributed by atoms with Gasteiger partial charge >= 0.3 is 6.09 Å². The van der Waals surface area contributed by atoms with Crippen LogP contribution >= 0.6 is 15.9 Å². The average molecular weight is 350 g/mol. The monoisotopic (exact) mass is 349 g/mol. The number of carbonyl (C=O) groups is 1. The van der Waals surface area contributed by atoms with Gasteiger partial charge in [-0.05, 0) is 12.1 Å². The lowest BCUT2D eigenvalue weighted by molar-refractivity contribution is 0.185. The second-order valence-corrected chi connectivity index (χ2v) is 6.68. The average Bonchev–Trinajstić information content (AvgIpc) is 2.73. The molecule has 2 aromatic rings. The molecule has 21 heavy (non-hydrogen) atoms. The van der Waals surface area contributed by atoms with Crippen LogP contribution in [0.4, 0.5) is 4.79 Å². The summed E-state index contributed by atoms with van der Waals surface area (Å²) in [5, 5.41) is 21.3. The number of fused-ring (bicyclic) bond motifs is 1. The molecule has 2 rings (SSSR count). The molecule has 0 atom stereocenters. The van der Waals surface area contributed by atoms with Crippen molar-refractivity contribution in [1.29, 1.82) is 5.26 Å². The van der Waals surface area contributed by atoms with E-state index in [1.54, 1.807) is 0 Å². The fourth-order valence-corrected chi connectivity index (χ4v) is 2.67. The van der Waals surface area contributed by atoms with Gasteiger partial charge in [-0.2, -0.15) is 5.26 Å². The van der Waals surface area contributed by atoms with E-state index in [4.69, 9.17) is 5.11 Å². The van der Waals surface area contributed by atoms with Gasteiger partial charge in [0.05, 0.1) is 11.1 Å². The van der Waals surface area contributed by atoms with E-state index in [1.807, 2.05) is 42.8 Å². The zero-order valence-corrected chi connectivity index (χ0v) is 13.4. The first kappa shape index (κ1) is 15.4. The number of rotatable bonds is 4. The van der Waals surface area contributed by atoms with Gasteiger partial charge in [-0.15, -0.1) is 0 Å². The number of hydrogen-bond donors (Lipinski definition) is 2. The third kappa shape index (κ3) is 3.56. The fourth-order valence-electron chi connectivity index (χ4n) is 2.32. The first-order chi connectivity index (χ1) is 9.82. The highest BCUT2D eigenvalue weighted by molar-refractivity contribution is 9.10. The molecule has 0 unspecified atom stereocenters. The zero-order valence-electron chi connectivity index (χ0n) is 11.9. The summed E-state index contributed by atoms with van der Waals surface area (Å²) in [6, 6.07) is 7.99. The van der Waals surface area contributed by atoms with Crippen molar-refractivity contribution in [2.75, 3.05) is 6.54 Å². The van der Waals surface area contributed by atoms with Gasteiger partial charge < -0.3 is 15.0 Å². The van der Waals surface area contributed by atoms with Gasteiger partial charge in [0.15, 0.2) is 0 Å². The molecule has 0 fully saturated rings. The van der Waals surface area contributed by atoms with Gasteiger partial charge in [0.25, 0.3) is 0 Å². The first-order valence-electron chi connectivity index (χ1n) is 6.48. The van der Waals surface area contributed by atoms with Crippen LogP contribution in [0.25, 0.3) is 10.9 Å². The van der Waals surface area contributed by atoms with E-state index in [0.717, 1.165) is 15.4 Å². The van der Waals surface area contributed by atoms with Gasteiger partial charge in [0.1, 0.15) is 6.07 Å². The Hall–Kier alpha value is -2.00. The molecule has 0 saturated carbocycles. The second kappa shape index (κ2) is 5.78. The molecule has 1 heterocycles. The Morgan fingerprint density at radius 3 is 2.86 bits per heavy atom. The SMILES string of the molecule is CC(C)(CNC(=O)O)Cn1cc(C#N)c2ccc(Br)cc21. The van der Waals surface area contributed by atoms with E-state index in [9.17, 15) is 10.1 Å². The molecule has 0 spiro atoms. The van der Waals surface area contributed by atoms with Crippen molar-refractivity contribution in [3.63, 3.8) is 0 Å². The van der Waals surface area contributed by atoms with Crippen LogP contribution in [0.5, 0.6) is 0 Å². The van der Waals surface area contributed by atoms with Crippen molar-refractivity contribution >= 4 is 32.9 Å². The lowest BCUT2D eigenvalue weighted by Crippen LogP contribution is -2.35.